The molecule has 1 saturated heterocycles. The molecule has 0 bridgehead atoms. The van der Waals surface area contributed by atoms with Gasteiger partial charge in [0.2, 0.25) is 0 Å². The minimum atomic E-state index is -0.352. The predicted molar refractivity (Wildman–Crippen MR) is 71.7 cm³/mol. The van der Waals surface area contributed by atoms with Crippen LogP contribution < -0.4 is 5.32 Å². The second-order valence-electron chi connectivity index (χ2n) is 5.84. The summed E-state index contributed by atoms with van der Waals surface area (Å²) in [7, 11) is 1.87. The molecular weight excluding hydrogens is 210 g/mol. The van der Waals surface area contributed by atoms with Gasteiger partial charge in [-0.05, 0) is 58.2 Å². The van der Waals surface area contributed by atoms with Gasteiger partial charge in [0, 0.05) is 6.54 Å². The lowest BCUT2D eigenvalue weighted by Crippen LogP contribution is -2.41. The van der Waals surface area contributed by atoms with Crippen molar-refractivity contribution in [3.05, 3.63) is 0 Å². The van der Waals surface area contributed by atoms with Gasteiger partial charge in [-0.2, -0.15) is 5.26 Å². The molecule has 17 heavy (non-hydrogen) atoms. The number of likely N-dealkylation sites (tertiary alicyclic amines) is 1. The van der Waals surface area contributed by atoms with Crippen LogP contribution in [0.25, 0.3) is 0 Å². The van der Waals surface area contributed by atoms with Crippen LogP contribution in [0.5, 0.6) is 0 Å². The van der Waals surface area contributed by atoms with Crippen LogP contribution in [0.4, 0.5) is 0 Å². The second kappa shape index (κ2) is 6.37. The van der Waals surface area contributed by atoms with E-state index in [9.17, 15) is 0 Å². The molecule has 1 fully saturated rings. The van der Waals surface area contributed by atoms with Crippen LogP contribution in [0, 0.1) is 23.2 Å². The fraction of sp³-hybridized carbons (Fsp3) is 0.929. The molecule has 1 heterocycles. The Labute approximate surface area is 106 Å². The molecule has 0 aromatic rings. The van der Waals surface area contributed by atoms with E-state index in [-0.39, 0.29) is 5.54 Å². The van der Waals surface area contributed by atoms with Gasteiger partial charge in [-0.15, -0.1) is 0 Å². The number of piperidine rings is 1. The molecule has 0 aliphatic carbocycles. The zero-order valence-corrected chi connectivity index (χ0v) is 11.8. The first-order chi connectivity index (χ1) is 8.00. The van der Waals surface area contributed by atoms with Crippen LogP contribution in [-0.4, -0.2) is 37.1 Å². The Bertz CT molecular complexity index is 271. The third kappa shape index (κ3) is 4.29. The summed E-state index contributed by atoms with van der Waals surface area (Å²) in [6.45, 7) is 10.3. The zero-order chi connectivity index (χ0) is 12.9. The molecule has 3 nitrogen and oxygen atoms in total. The topological polar surface area (TPSA) is 39.1 Å². The van der Waals surface area contributed by atoms with Gasteiger partial charge in [0.05, 0.1) is 6.07 Å². The normalized spacial score (nSPS) is 29.6. The molecule has 3 atom stereocenters. The van der Waals surface area contributed by atoms with Crippen LogP contribution in [0.3, 0.4) is 0 Å². The Morgan fingerprint density at radius 2 is 2.12 bits per heavy atom. The third-order valence-electron chi connectivity index (χ3n) is 4.37. The summed E-state index contributed by atoms with van der Waals surface area (Å²) in [5, 5.41) is 12.2. The van der Waals surface area contributed by atoms with E-state index >= 15 is 0 Å². The van der Waals surface area contributed by atoms with Gasteiger partial charge in [-0.1, -0.05) is 13.8 Å². The van der Waals surface area contributed by atoms with E-state index in [1.165, 1.54) is 19.5 Å². The van der Waals surface area contributed by atoms with Crippen molar-refractivity contribution in [2.75, 3.05) is 26.7 Å². The Hall–Kier alpha value is -0.590. The van der Waals surface area contributed by atoms with Crippen LogP contribution in [0.2, 0.25) is 0 Å². The molecule has 1 rings (SSSR count). The Kier molecular flexibility index (Phi) is 5.42. The molecule has 1 aliphatic heterocycles. The molecule has 0 aromatic heterocycles. The summed E-state index contributed by atoms with van der Waals surface area (Å²) in [6.07, 6.45) is 3.36. The van der Waals surface area contributed by atoms with Gasteiger partial charge in [-0.25, -0.2) is 0 Å². The van der Waals surface area contributed by atoms with Crippen molar-refractivity contribution in [3.63, 3.8) is 0 Å². The first-order valence-corrected chi connectivity index (χ1v) is 6.83. The van der Waals surface area contributed by atoms with Gasteiger partial charge < -0.3 is 10.2 Å². The highest BCUT2D eigenvalue weighted by Crippen LogP contribution is 2.23. The summed E-state index contributed by atoms with van der Waals surface area (Å²) in [4.78, 5) is 2.55. The number of nitrogens with zero attached hydrogens (tertiary/aromatic N) is 2. The van der Waals surface area contributed by atoms with Gasteiger partial charge in [0.15, 0.2) is 0 Å². The molecule has 0 amide bonds. The van der Waals surface area contributed by atoms with E-state index in [4.69, 9.17) is 5.26 Å². The molecule has 0 spiro atoms. The summed E-state index contributed by atoms with van der Waals surface area (Å²) in [5.41, 5.74) is -0.352. The maximum atomic E-state index is 9.07. The van der Waals surface area contributed by atoms with Crippen molar-refractivity contribution in [1.82, 2.24) is 10.2 Å². The molecule has 1 N–H and O–H groups in total. The summed E-state index contributed by atoms with van der Waals surface area (Å²) in [6, 6.07) is 2.35. The van der Waals surface area contributed by atoms with Gasteiger partial charge >= 0.3 is 0 Å². The van der Waals surface area contributed by atoms with E-state index in [0.29, 0.717) is 0 Å². The van der Waals surface area contributed by atoms with Crippen LogP contribution in [-0.2, 0) is 0 Å². The van der Waals surface area contributed by atoms with E-state index in [1.807, 2.05) is 14.0 Å². The number of rotatable bonds is 5. The fourth-order valence-electron chi connectivity index (χ4n) is 2.45. The van der Waals surface area contributed by atoms with Crippen LogP contribution in [0.15, 0.2) is 0 Å². The standard InChI is InChI=1S/C14H27N3/c1-12-6-9-17(10-13(12)2)8-5-7-14(3,11-15)16-4/h12-13,16H,5-10H2,1-4H3. The first kappa shape index (κ1) is 14.5. The van der Waals surface area contributed by atoms with Crippen molar-refractivity contribution in [2.45, 2.75) is 45.6 Å². The van der Waals surface area contributed by atoms with Gasteiger partial charge in [0.25, 0.3) is 0 Å². The lowest BCUT2D eigenvalue weighted by Gasteiger charge is -2.35. The van der Waals surface area contributed by atoms with E-state index < -0.39 is 0 Å². The highest BCUT2D eigenvalue weighted by atomic mass is 15.1. The van der Waals surface area contributed by atoms with Crippen molar-refractivity contribution in [3.8, 4) is 6.07 Å². The molecular formula is C14H27N3. The number of hydrogen-bond acceptors (Lipinski definition) is 3. The molecule has 3 unspecified atom stereocenters. The van der Waals surface area contributed by atoms with Crippen molar-refractivity contribution in [1.29, 1.82) is 5.26 Å². The Morgan fingerprint density at radius 1 is 1.41 bits per heavy atom. The van der Waals surface area contributed by atoms with Gasteiger partial charge in [0.1, 0.15) is 5.54 Å². The Morgan fingerprint density at radius 3 is 2.65 bits per heavy atom. The molecule has 0 saturated carbocycles. The molecule has 1 aliphatic rings. The summed E-state index contributed by atoms with van der Waals surface area (Å²) >= 11 is 0. The van der Waals surface area contributed by atoms with Crippen LogP contribution >= 0.6 is 0 Å². The van der Waals surface area contributed by atoms with Gasteiger partial charge in [-0.3, -0.25) is 0 Å². The maximum absolute atomic E-state index is 9.07. The smallest absolute Gasteiger partial charge is 0.103 e. The van der Waals surface area contributed by atoms with Crippen molar-refractivity contribution < 1.29 is 0 Å². The SMILES string of the molecule is CNC(C)(C#N)CCCN1CCC(C)C(C)C1. The molecule has 3 heteroatoms. The zero-order valence-electron chi connectivity index (χ0n) is 11.8. The third-order valence-corrected chi connectivity index (χ3v) is 4.37. The first-order valence-electron chi connectivity index (χ1n) is 6.83. The molecule has 0 aromatic carbocycles. The molecule has 0 radical (unpaired) electrons. The number of nitrogens with one attached hydrogen (secondary N) is 1. The predicted octanol–water partition coefficient (Wildman–Crippen LogP) is 2.25. The highest BCUT2D eigenvalue weighted by Gasteiger charge is 2.24. The molecule has 98 valence electrons. The highest BCUT2D eigenvalue weighted by molar-refractivity contribution is 5.02. The number of hydrogen-bond donors (Lipinski definition) is 1. The lowest BCUT2D eigenvalue weighted by molar-refractivity contribution is 0.134. The monoisotopic (exact) mass is 237 g/mol. The fourth-order valence-corrected chi connectivity index (χ4v) is 2.45. The largest absolute Gasteiger partial charge is 0.303 e. The maximum Gasteiger partial charge on any atom is 0.103 e. The minimum absolute atomic E-state index is 0.352. The summed E-state index contributed by atoms with van der Waals surface area (Å²) < 4.78 is 0. The quantitative estimate of drug-likeness (QED) is 0.797. The Balaban J connectivity index is 2.26. The average molecular weight is 237 g/mol. The van der Waals surface area contributed by atoms with Crippen molar-refractivity contribution in [2.24, 2.45) is 11.8 Å². The van der Waals surface area contributed by atoms with E-state index in [1.54, 1.807) is 0 Å². The summed E-state index contributed by atoms with van der Waals surface area (Å²) in [5.74, 6) is 1.68. The average Bonchev–Trinajstić information content (AvgIpc) is 2.33. The van der Waals surface area contributed by atoms with E-state index in [2.05, 4.69) is 30.1 Å². The minimum Gasteiger partial charge on any atom is -0.303 e. The number of nitriles is 1. The second-order valence-corrected chi connectivity index (χ2v) is 5.84. The van der Waals surface area contributed by atoms with Crippen LogP contribution in [0.1, 0.15) is 40.0 Å². The van der Waals surface area contributed by atoms with Crippen molar-refractivity contribution >= 4 is 0 Å². The van der Waals surface area contributed by atoms with E-state index in [0.717, 1.165) is 31.2 Å². The lowest BCUT2D eigenvalue weighted by atomic mass is 9.88.